The van der Waals surface area contributed by atoms with Gasteiger partial charge in [0.2, 0.25) is 11.1 Å². The molecule has 0 unspecified atom stereocenters. The Labute approximate surface area is 163 Å². The summed E-state index contributed by atoms with van der Waals surface area (Å²) < 4.78 is 7.05. The second-order valence-electron chi connectivity index (χ2n) is 7.19. The first-order chi connectivity index (χ1) is 13.0. The molecule has 1 fully saturated rings. The van der Waals surface area contributed by atoms with Gasteiger partial charge < -0.3 is 10.1 Å². The molecule has 1 N–H and O–H groups in total. The Hall–Kier alpha value is -1.97. The maximum atomic E-state index is 12.3. The first-order valence-corrected chi connectivity index (χ1v) is 10.0. The highest BCUT2D eigenvalue weighted by Gasteiger charge is 2.28. The summed E-state index contributed by atoms with van der Waals surface area (Å²) in [6, 6.07) is 7.93. The van der Waals surface area contributed by atoms with Crippen molar-refractivity contribution in [2.75, 3.05) is 38.6 Å². The van der Waals surface area contributed by atoms with Crippen molar-refractivity contribution in [1.29, 1.82) is 0 Å². The van der Waals surface area contributed by atoms with Gasteiger partial charge >= 0.3 is 0 Å². The highest BCUT2D eigenvalue weighted by molar-refractivity contribution is 7.99. The Balaban J connectivity index is 1.51. The number of aromatic nitrogens is 4. The Morgan fingerprint density at radius 2 is 1.96 bits per heavy atom. The highest BCUT2D eigenvalue weighted by atomic mass is 32.2. The number of amides is 1. The van der Waals surface area contributed by atoms with Gasteiger partial charge in [-0.05, 0) is 43.3 Å². The summed E-state index contributed by atoms with van der Waals surface area (Å²) in [7, 11) is 0. The van der Waals surface area contributed by atoms with Crippen molar-refractivity contribution in [3.05, 3.63) is 29.8 Å². The molecule has 1 aromatic carbocycles. The molecular formula is C18H26N6O2S. The fourth-order valence-electron chi connectivity index (χ4n) is 2.89. The van der Waals surface area contributed by atoms with Crippen LogP contribution >= 0.6 is 11.8 Å². The largest absolute Gasteiger partial charge is 0.379 e. The van der Waals surface area contributed by atoms with Crippen LogP contribution in [0.25, 0.3) is 5.69 Å². The van der Waals surface area contributed by atoms with Gasteiger partial charge in [-0.2, -0.15) is 4.68 Å². The molecule has 8 nitrogen and oxygen atoms in total. The number of morpholine rings is 1. The quantitative estimate of drug-likeness (QED) is 0.713. The van der Waals surface area contributed by atoms with Gasteiger partial charge in [0, 0.05) is 25.2 Å². The van der Waals surface area contributed by atoms with Gasteiger partial charge in [0.1, 0.15) is 0 Å². The molecule has 1 aliphatic heterocycles. The molecule has 2 aromatic rings. The topological polar surface area (TPSA) is 85.2 Å². The molecule has 1 saturated heterocycles. The van der Waals surface area contributed by atoms with Crippen LogP contribution in [0.1, 0.15) is 19.4 Å². The number of tetrazole rings is 1. The zero-order valence-electron chi connectivity index (χ0n) is 16.0. The zero-order valence-corrected chi connectivity index (χ0v) is 16.8. The van der Waals surface area contributed by atoms with Gasteiger partial charge in [-0.3, -0.25) is 9.69 Å². The summed E-state index contributed by atoms with van der Waals surface area (Å²) in [6.07, 6.45) is 0. The van der Waals surface area contributed by atoms with Crippen LogP contribution in [0, 0.1) is 6.92 Å². The molecule has 3 rings (SSSR count). The van der Waals surface area contributed by atoms with Crippen LogP contribution < -0.4 is 5.32 Å². The Morgan fingerprint density at radius 3 is 2.67 bits per heavy atom. The van der Waals surface area contributed by atoms with E-state index in [0.717, 1.165) is 32.0 Å². The van der Waals surface area contributed by atoms with E-state index in [4.69, 9.17) is 4.74 Å². The third-order valence-electron chi connectivity index (χ3n) is 4.64. The summed E-state index contributed by atoms with van der Waals surface area (Å²) in [5.74, 6) is 0.241. The third-order valence-corrected chi connectivity index (χ3v) is 5.56. The van der Waals surface area contributed by atoms with Crippen molar-refractivity contribution in [3.63, 3.8) is 0 Å². The molecule has 0 saturated carbocycles. The van der Waals surface area contributed by atoms with Crippen molar-refractivity contribution in [2.45, 2.75) is 31.5 Å². The van der Waals surface area contributed by atoms with E-state index >= 15 is 0 Å². The monoisotopic (exact) mass is 390 g/mol. The summed E-state index contributed by atoms with van der Waals surface area (Å²) >= 11 is 1.33. The van der Waals surface area contributed by atoms with Gasteiger partial charge in [0.15, 0.2) is 0 Å². The minimum Gasteiger partial charge on any atom is -0.379 e. The third kappa shape index (κ3) is 5.27. The number of hydrogen-bond donors (Lipinski definition) is 1. The minimum atomic E-state index is -0.104. The number of carbonyl (C=O) groups is 1. The van der Waals surface area contributed by atoms with Gasteiger partial charge in [-0.1, -0.05) is 29.5 Å². The van der Waals surface area contributed by atoms with Crippen molar-refractivity contribution >= 4 is 17.7 Å². The second-order valence-corrected chi connectivity index (χ2v) is 8.13. The van der Waals surface area contributed by atoms with Crippen molar-refractivity contribution in [3.8, 4) is 5.69 Å². The molecule has 0 spiro atoms. The Bertz CT molecular complexity index is 755. The summed E-state index contributed by atoms with van der Waals surface area (Å²) in [6.45, 7) is 10.2. The van der Waals surface area contributed by atoms with E-state index in [2.05, 4.69) is 39.6 Å². The molecule has 2 heterocycles. The van der Waals surface area contributed by atoms with E-state index in [-0.39, 0.29) is 17.2 Å². The smallest absolute Gasteiger partial charge is 0.230 e. The first kappa shape index (κ1) is 19.8. The lowest BCUT2D eigenvalue weighted by Gasteiger charge is -2.40. The molecule has 0 atom stereocenters. The number of nitrogens with one attached hydrogen (secondary N) is 1. The number of ether oxygens (including phenoxy) is 1. The van der Waals surface area contributed by atoms with E-state index in [9.17, 15) is 4.79 Å². The van der Waals surface area contributed by atoms with Crippen LogP contribution in [0.2, 0.25) is 0 Å². The first-order valence-electron chi connectivity index (χ1n) is 9.03. The minimum absolute atomic E-state index is 0.0280. The fraction of sp³-hybridized carbons (Fsp3) is 0.556. The highest BCUT2D eigenvalue weighted by Crippen LogP contribution is 2.19. The number of hydrogen-bond acceptors (Lipinski definition) is 7. The molecule has 0 radical (unpaired) electrons. The normalized spacial score (nSPS) is 15.7. The van der Waals surface area contributed by atoms with Gasteiger partial charge in [0.05, 0.1) is 24.7 Å². The van der Waals surface area contributed by atoms with Crippen molar-refractivity contribution in [2.24, 2.45) is 0 Å². The lowest BCUT2D eigenvalue weighted by molar-refractivity contribution is -0.119. The maximum absolute atomic E-state index is 12.3. The lowest BCUT2D eigenvalue weighted by atomic mass is 10.0. The van der Waals surface area contributed by atoms with Gasteiger partial charge in [-0.25, -0.2) is 0 Å². The molecule has 27 heavy (non-hydrogen) atoms. The van der Waals surface area contributed by atoms with Gasteiger partial charge in [0.25, 0.3) is 0 Å². The number of thioether (sulfide) groups is 1. The Kier molecular flexibility index (Phi) is 6.46. The molecule has 0 aliphatic carbocycles. The SMILES string of the molecule is Cc1ccc(-n2nnnc2SCC(=O)NCC(C)(C)N2CCOCC2)cc1. The van der Waals surface area contributed by atoms with E-state index in [0.29, 0.717) is 11.7 Å². The van der Waals surface area contributed by atoms with E-state index in [1.54, 1.807) is 4.68 Å². The number of benzene rings is 1. The maximum Gasteiger partial charge on any atom is 0.230 e. The standard InChI is InChI=1S/C18H26N6O2S/c1-14-4-6-15(7-5-14)24-17(20-21-22-24)27-12-16(25)19-13-18(2,3)23-8-10-26-11-9-23/h4-7H,8-13H2,1-3H3,(H,19,25). The lowest BCUT2D eigenvalue weighted by Crippen LogP contribution is -2.55. The molecule has 1 amide bonds. The van der Waals surface area contributed by atoms with E-state index < -0.39 is 0 Å². The number of carbonyl (C=O) groups excluding carboxylic acids is 1. The van der Waals surface area contributed by atoms with Crippen LogP contribution in [-0.4, -0.2) is 75.2 Å². The summed E-state index contributed by atoms with van der Waals surface area (Å²) in [5, 5.41) is 15.4. The fourth-order valence-corrected chi connectivity index (χ4v) is 3.61. The number of aryl methyl sites for hydroxylation is 1. The van der Waals surface area contributed by atoms with Crippen LogP contribution in [0.3, 0.4) is 0 Å². The van der Waals surface area contributed by atoms with Crippen LogP contribution in [0.4, 0.5) is 0 Å². The Morgan fingerprint density at radius 1 is 1.26 bits per heavy atom. The van der Waals surface area contributed by atoms with E-state index in [1.165, 1.54) is 17.3 Å². The molecule has 146 valence electrons. The van der Waals surface area contributed by atoms with Crippen LogP contribution in [0.5, 0.6) is 0 Å². The van der Waals surface area contributed by atoms with Crippen molar-refractivity contribution in [1.82, 2.24) is 30.4 Å². The molecule has 9 heteroatoms. The molecule has 1 aromatic heterocycles. The average molecular weight is 391 g/mol. The predicted molar refractivity (Wildman–Crippen MR) is 104 cm³/mol. The van der Waals surface area contributed by atoms with Crippen LogP contribution in [0.15, 0.2) is 29.4 Å². The predicted octanol–water partition coefficient (Wildman–Crippen LogP) is 1.29. The molecule has 1 aliphatic rings. The molecular weight excluding hydrogens is 364 g/mol. The number of rotatable bonds is 7. The van der Waals surface area contributed by atoms with Crippen LogP contribution in [-0.2, 0) is 9.53 Å². The molecule has 0 bridgehead atoms. The number of nitrogens with zero attached hydrogens (tertiary/aromatic N) is 5. The summed E-state index contributed by atoms with van der Waals surface area (Å²) in [4.78, 5) is 14.7. The van der Waals surface area contributed by atoms with E-state index in [1.807, 2.05) is 31.2 Å². The second kappa shape index (κ2) is 8.81. The average Bonchev–Trinajstić information content (AvgIpc) is 3.15. The van der Waals surface area contributed by atoms with Gasteiger partial charge in [-0.15, -0.1) is 5.10 Å². The zero-order chi connectivity index (χ0) is 19.3. The van der Waals surface area contributed by atoms with Crippen molar-refractivity contribution < 1.29 is 9.53 Å². The summed E-state index contributed by atoms with van der Waals surface area (Å²) in [5.41, 5.74) is 1.94.